The number of carboxylic acids is 1. The van der Waals surface area contributed by atoms with Crippen LogP contribution in [-0.2, 0) is 11.2 Å². The molecule has 26 heavy (non-hydrogen) atoms. The van der Waals surface area contributed by atoms with Crippen LogP contribution in [0.2, 0.25) is 0 Å². The van der Waals surface area contributed by atoms with Gasteiger partial charge in [0.25, 0.3) is 0 Å². The van der Waals surface area contributed by atoms with Gasteiger partial charge in [0.1, 0.15) is 6.07 Å². The summed E-state index contributed by atoms with van der Waals surface area (Å²) in [6.45, 7) is 2.16. The second kappa shape index (κ2) is 9.95. The lowest BCUT2D eigenvalue weighted by atomic mass is 9.98. The highest BCUT2D eigenvalue weighted by molar-refractivity contribution is 5.89. The largest absolute Gasteiger partial charge is 0.478 e. The minimum Gasteiger partial charge on any atom is -0.478 e. The molecule has 2 aromatic rings. The number of unbranched alkanes of at least 4 members (excludes halogenated alkanes) is 2. The SMILES string of the molecule is CCCCCc1cccc(C=Nc2ccccc2/C=C/C(=O)O)c1C#N. The van der Waals surface area contributed by atoms with Crippen LogP contribution in [0.4, 0.5) is 5.69 Å². The molecule has 0 heterocycles. The molecule has 1 N–H and O–H groups in total. The van der Waals surface area contributed by atoms with E-state index in [-0.39, 0.29) is 0 Å². The summed E-state index contributed by atoms with van der Waals surface area (Å²) in [4.78, 5) is 15.2. The highest BCUT2D eigenvalue weighted by atomic mass is 16.4. The van der Waals surface area contributed by atoms with Crippen molar-refractivity contribution in [3.05, 3.63) is 70.8 Å². The van der Waals surface area contributed by atoms with Crippen LogP contribution in [0.1, 0.15) is 48.4 Å². The summed E-state index contributed by atoms with van der Waals surface area (Å²) < 4.78 is 0. The molecule has 0 aromatic heterocycles. The first-order valence-electron chi connectivity index (χ1n) is 8.71. The predicted molar refractivity (Wildman–Crippen MR) is 105 cm³/mol. The van der Waals surface area contributed by atoms with Gasteiger partial charge in [-0.15, -0.1) is 0 Å². The second-order valence-electron chi connectivity index (χ2n) is 5.94. The van der Waals surface area contributed by atoms with Crippen molar-refractivity contribution in [3.63, 3.8) is 0 Å². The number of hydrogen-bond acceptors (Lipinski definition) is 3. The van der Waals surface area contributed by atoms with Crippen LogP contribution in [0.15, 0.2) is 53.5 Å². The van der Waals surface area contributed by atoms with Gasteiger partial charge in [-0.2, -0.15) is 5.26 Å². The summed E-state index contributed by atoms with van der Waals surface area (Å²) in [5, 5.41) is 18.4. The molecule has 132 valence electrons. The van der Waals surface area contributed by atoms with E-state index in [1.807, 2.05) is 36.4 Å². The van der Waals surface area contributed by atoms with Gasteiger partial charge in [-0.1, -0.05) is 56.2 Å². The lowest BCUT2D eigenvalue weighted by molar-refractivity contribution is -0.131. The van der Waals surface area contributed by atoms with E-state index in [2.05, 4.69) is 18.0 Å². The average molecular weight is 346 g/mol. The van der Waals surface area contributed by atoms with Crippen molar-refractivity contribution in [1.82, 2.24) is 0 Å². The number of hydrogen-bond donors (Lipinski definition) is 1. The number of carboxylic acid groups (broad SMARTS) is 1. The molecule has 0 radical (unpaired) electrons. The van der Waals surface area contributed by atoms with Crippen LogP contribution in [0.25, 0.3) is 6.08 Å². The monoisotopic (exact) mass is 346 g/mol. The summed E-state index contributed by atoms with van der Waals surface area (Å²) in [7, 11) is 0. The van der Waals surface area contributed by atoms with Crippen molar-refractivity contribution in [1.29, 1.82) is 5.26 Å². The minimum absolute atomic E-state index is 0.658. The van der Waals surface area contributed by atoms with Crippen LogP contribution < -0.4 is 0 Å². The smallest absolute Gasteiger partial charge is 0.328 e. The van der Waals surface area contributed by atoms with Gasteiger partial charge in [0.2, 0.25) is 0 Å². The van der Waals surface area contributed by atoms with Gasteiger partial charge < -0.3 is 5.11 Å². The molecule has 0 spiro atoms. The molecule has 0 unspecified atom stereocenters. The van der Waals surface area contributed by atoms with Crippen molar-refractivity contribution in [2.24, 2.45) is 4.99 Å². The maximum Gasteiger partial charge on any atom is 0.328 e. The number of aliphatic carboxylic acids is 1. The molecule has 4 heteroatoms. The van der Waals surface area contributed by atoms with Gasteiger partial charge in [-0.25, -0.2) is 4.79 Å². The third-order valence-corrected chi connectivity index (χ3v) is 4.03. The summed E-state index contributed by atoms with van der Waals surface area (Å²) >= 11 is 0. The van der Waals surface area contributed by atoms with E-state index in [4.69, 9.17) is 5.11 Å². The van der Waals surface area contributed by atoms with Gasteiger partial charge in [-0.05, 0) is 30.5 Å². The van der Waals surface area contributed by atoms with Gasteiger partial charge in [0.05, 0.1) is 11.3 Å². The van der Waals surface area contributed by atoms with Crippen LogP contribution in [0.3, 0.4) is 0 Å². The fraction of sp³-hybridized carbons (Fsp3) is 0.227. The standard InChI is InChI=1S/C22H22N2O2/c1-2-3-4-8-17-10-7-11-19(20(17)15-23)16-24-21-12-6-5-9-18(21)13-14-22(25)26/h5-7,9-14,16H,2-4,8H2,1H3,(H,25,26)/b14-13+,24-16?. The Labute approximate surface area is 154 Å². The zero-order valence-electron chi connectivity index (χ0n) is 14.9. The molecule has 0 aliphatic heterocycles. The molecule has 0 aliphatic rings. The maximum absolute atomic E-state index is 10.7. The van der Waals surface area contributed by atoms with Crippen LogP contribution in [0, 0.1) is 11.3 Å². The summed E-state index contributed by atoms with van der Waals surface area (Å²) in [5.41, 5.74) is 3.85. The Bertz CT molecular complexity index is 861. The molecule has 0 saturated carbocycles. The first-order valence-corrected chi connectivity index (χ1v) is 8.71. The molecular weight excluding hydrogens is 324 g/mol. The number of nitriles is 1. The Kier molecular flexibility index (Phi) is 7.32. The zero-order valence-corrected chi connectivity index (χ0v) is 14.9. The molecule has 0 atom stereocenters. The van der Waals surface area contributed by atoms with Crippen molar-refractivity contribution in [2.45, 2.75) is 32.6 Å². The fourth-order valence-electron chi connectivity index (χ4n) is 2.68. The number of carbonyl (C=O) groups is 1. The second-order valence-corrected chi connectivity index (χ2v) is 5.94. The Balaban J connectivity index is 2.30. The summed E-state index contributed by atoms with van der Waals surface area (Å²) in [5.74, 6) is -1.00. The first-order chi connectivity index (χ1) is 12.7. The van der Waals surface area contributed by atoms with E-state index < -0.39 is 5.97 Å². The normalized spacial score (nSPS) is 11.1. The first kappa shape index (κ1) is 19.1. The number of rotatable bonds is 8. The van der Waals surface area contributed by atoms with Crippen LogP contribution in [0.5, 0.6) is 0 Å². The van der Waals surface area contributed by atoms with Gasteiger partial charge in [0.15, 0.2) is 0 Å². The van der Waals surface area contributed by atoms with E-state index in [0.29, 0.717) is 16.8 Å². The number of aliphatic imine (C=N–C) groups is 1. The van der Waals surface area contributed by atoms with Gasteiger partial charge >= 0.3 is 5.97 Å². The molecule has 2 rings (SSSR count). The van der Waals surface area contributed by atoms with Crippen molar-refractivity contribution in [2.75, 3.05) is 0 Å². The highest BCUT2D eigenvalue weighted by Crippen LogP contribution is 2.21. The third-order valence-electron chi connectivity index (χ3n) is 4.03. The Morgan fingerprint density at radius 1 is 1.15 bits per heavy atom. The topological polar surface area (TPSA) is 73.4 Å². The lowest BCUT2D eigenvalue weighted by Crippen LogP contribution is -1.96. The Morgan fingerprint density at radius 2 is 1.92 bits per heavy atom. The molecule has 0 saturated heterocycles. The van der Waals surface area contributed by atoms with Gasteiger partial charge in [0, 0.05) is 23.4 Å². The highest BCUT2D eigenvalue weighted by Gasteiger charge is 2.06. The number of para-hydroxylation sites is 1. The molecule has 0 fully saturated rings. The van der Waals surface area contributed by atoms with Crippen molar-refractivity contribution >= 4 is 23.9 Å². The average Bonchev–Trinajstić information content (AvgIpc) is 2.65. The quantitative estimate of drug-likeness (QED) is 0.408. The zero-order chi connectivity index (χ0) is 18.8. The lowest BCUT2D eigenvalue weighted by Gasteiger charge is -2.06. The van der Waals surface area contributed by atoms with E-state index in [1.54, 1.807) is 12.3 Å². The van der Waals surface area contributed by atoms with E-state index in [0.717, 1.165) is 42.9 Å². The summed E-state index contributed by atoms with van der Waals surface area (Å²) in [6, 6.07) is 15.4. The number of benzene rings is 2. The number of nitrogens with zero attached hydrogens (tertiary/aromatic N) is 2. The molecule has 4 nitrogen and oxygen atoms in total. The summed E-state index contributed by atoms with van der Waals surface area (Å²) in [6.07, 6.45) is 8.52. The van der Waals surface area contributed by atoms with E-state index in [1.165, 1.54) is 6.08 Å². The van der Waals surface area contributed by atoms with Crippen molar-refractivity contribution in [3.8, 4) is 6.07 Å². The molecule has 0 amide bonds. The van der Waals surface area contributed by atoms with Crippen LogP contribution >= 0.6 is 0 Å². The predicted octanol–water partition coefficient (Wildman–Crippen LogP) is 5.14. The van der Waals surface area contributed by atoms with E-state index >= 15 is 0 Å². The minimum atomic E-state index is -1.00. The maximum atomic E-state index is 10.7. The Hall–Kier alpha value is -3.19. The fourth-order valence-corrected chi connectivity index (χ4v) is 2.68. The third kappa shape index (κ3) is 5.42. The molecule has 0 bridgehead atoms. The molecule has 0 aliphatic carbocycles. The molecular formula is C22H22N2O2. The van der Waals surface area contributed by atoms with Gasteiger partial charge in [-0.3, -0.25) is 4.99 Å². The van der Waals surface area contributed by atoms with Crippen LogP contribution in [-0.4, -0.2) is 17.3 Å². The number of aryl methyl sites for hydroxylation is 1. The van der Waals surface area contributed by atoms with Crippen molar-refractivity contribution < 1.29 is 9.90 Å². The van der Waals surface area contributed by atoms with E-state index in [9.17, 15) is 10.1 Å². The molecule has 2 aromatic carbocycles. The Morgan fingerprint density at radius 3 is 2.65 bits per heavy atom.